The lowest BCUT2D eigenvalue weighted by Crippen LogP contribution is -2.46. The Hall–Kier alpha value is -2.25. The van der Waals surface area contributed by atoms with E-state index in [-0.39, 0.29) is 29.3 Å². The van der Waals surface area contributed by atoms with Crippen LogP contribution in [0, 0.1) is 18.7 Å². The summed E-state index contributed by atoms with van der Waals surface area (Å²) in [6.45, 7) is 3.33. The van der Waals surface area contributed by atoms with Crippen LogP contribution in [0.4, 0.5) is 4.39 Å². The smallest absolute Gasteiger partial charge is 0.243 e. The Kier molecular flexibility index (Phi) is 5.93. The van der Waals surface area contributed by atoms with E-state index in [1.807, 2.05) is 17.0 Å². The molecule has 0 radical (unpaired) electrons. The van der Waals surface area contributed by atoms with Crippen LogP contribution in [0.2, 0.25) is 0 Å². The summed E-state index contributed by atoms with van der Waals surface area (Å²) in [6, 6.07) is 13.1. The molecule has 30 heavy (non-hydrogen) atoms. The van der Waals surface area contributed by atoms with Crippen molar-refractivity contribution < 1.29 is 17.6 Å². The molecule has 1 amide bonds. The molecule has 0 N–H and O–H groups in total. The lowest BCUT2D eigenvalue weighted by atomic mass is 9.95. The Labute approximate surface area is 177 Å². The van der Waals surface area contributed by atoms with Crippen LogP contribution < -0.4 is 0 Å². The molecule has 2 aromatic rings. The first-order valence-electron chi connectivity index (χ1n) is 10.5. The van der Waals surface area contributed by atoms with Crippen molar-refractivity contribution in [3.8, 4) is 0 Å². The third-order valence-corrected chi connectivity index (χ3v) is 8.15. The molecule has 4 rings (SSSR count). The van der Waals surface area contributed by atoms with E-state index in [2.05, 4.69) is 19.1 Å². The predicted octanol–water partition coefficient (Wildman–Crippen LogP) is 3.90. The highest BCUT2D eigenvalue weighted by atomic mass is 32.2. The molecule has 2 fully saturated rings. The van der Waals surface area contributed by atoms with Crippen LogP contribution in [0.3, 0.4) is 0 Å². The highest BCUT2D eigenvalue weighted by molar-refractivity contribution is 7.89. The number of sulfonamides is 1. The number of nitrogens with zero attached hydrogens (tertiary/aromatic N) is 2. The van der Waals surface area contributed by atoms with E-state index in [0.717, 1.165) is 25.0 Å². The summed E-state index contributed by atoms with van der Waals surface area (Å²) in [5.74, 6) is -0.782. The number of carbonyl (C=O) groups is 1. The molecule has 0 aliphatic carbocycles. The number of halogens is 1. The first kappa shape index (κ1) is 21.0. The number of aryl methyl sites for hydroxylation is 1. The monoisotopic (exact) mass is 430 g/mol. The van der Waals surface area contributed by atoms with E-state index >= 15 is 0 Å². The lowest BCUT2D eigenvalue weighted by Gasteiger charge is -2.35. The second kappa shape index (κ2) is 8.47. The Morgan fingerprint density at radius 1 is 1.00 bits per heavy atom. The summed E-state index contributed by atoms with van der Waals surface area (Å²) in [7, 11) is -3.75. The third-order valence-electron chi connectivity index (χ3n) is 6.27. The van der Waals surface area contributed by atoms with Crippen LogP contribution in [0.25, 0.3) is 0 Å². The minimum Gasteiger partial charge on any atom is -0.335 e. The maximum Gasteiger partial charge on any atom is 0.243 e. The second-order valence-corrected chi connectivity index (χ2v) is 10.1. The summed E-state index contributed by atoms with van der Waals surface area (Å²) in [5.41, 5.74) is 2.35. The zero-order valence-electron chi connectivity index (χ0n) is 17.1. The van der Waals surface area contributed by atoms with Crippen LogP contribution >= 0.6 is 0 Å². The predicted molar refractivity (Wildman–Crippen MR) is 113 cm³/mol. The zero-order chi connectivity index (χ0) is 21.3. The number of likely N-dealkylation sites (tertiary alicyclic amines) is 1. The Bertz CT molecular complexity index is 1020. The van der Waals surface area contributed by atoms with Crippen molar-refractivity contribution >= 4 is 15.9 Å². The SMILES string of the molecule is Cc1ccccc1C1CCCN1C(=O)C1CCCN(S(=O)(=O)c2ccc(F)cc2)C1. The highest BCUT2D eigenvalue weighted by Crippen LogP contribution is 2.36. The van der Waals surface area contributed by atoms with Gasteiger partial charge in [0, 0.05) is 19.6 Å². The van der Waals surface area contributed by atoms with Gasteiger partial charge in [-0.1, -0.05) is 24.3 Å². The van der Waals surface area contributed by atoms with Crippen molar-refractivity contribution in [2.45, 2.75) is 43.5 Å². The number of hydrogen-bond acceptors (Lipinski definition) is 3. The van der Waals surface area contributed by atoms with Crippen molar-refractivity contribution in [1.82, 2.24) is 9.21 Å². The molecule has 0 aromatic heterocycles. The highest BCUT2D eigenvalue weighted by Gasteiger charge is 2.38. The number of amides is 1. The third kappa shape index (κ3) is 4.01. The summed E-state index contributed by atoms with van der Waals surface area (Å²) in [6.07, 6.45) is 3.21. The van der Waals surface area contributed by atoms with Gasteiger partial charge in [0.1, 0.15) is 5.82 Å². The molecular formula is C23H27FN2O3S. The van der Waals surface area contributed by atoms with Crippen LogP contribution in [0.15, 0.2) is 53.4 Å². The van der Waals surface area contributed by atoms with Gasteiger partial charge in [-0.2, -0.15) is 4.31 Å². The molecule has 5 nitrogen and oxygen atoms in total. The fourth-order valence-corrected chi connectivity index (χ4v) is 6.19. The van der Waals surface area contributed by atoms with E-state index in [1.165, 1.54) is 27.6 Å². The van der Waals surface area contributed by atoms with Gasteiger partial charge < -0.3 is 4.90 Å². The van der Waals surface area contributed by atoms with E-state index < -0.39 is 15.8 Å². The van der Waals surface area contributed by atoms with Crippen molar-refractivity contribution in [3.63, 3.8) is 0 Å². The van der Waals surface area contributed by atoms with Crippen molar-refractivity contribution in [1.29, 1.82) is 0 Å². The molecule has 0 bridgehead atoms. The molecule has 160 valence electrons. The summed E-state index contributed by atoms with van der Waals surface area (Å²) in [4.78, 5) is 15.4. The van der Waals surface area contributed by atoms with Crippen LogP contribution in [0.5, 0.6) is 0 Å². The minimum absolute atomic E-state index is 0.0414. The lowest BCUT2D eigenvalue weighted by molar-refractivity contribution is -0.137. The average Bonchev–Trinajstić information content (AvgIpc) is 3.23. The van der Waals surface area contributed by atoms with E-state index in [1.54, 1.807) is 0 Å². The second-order valence-electron chi connectivity index (χ2n) is 8.20. The van der Waals surface area contributed by atoms with Crippen LogP contribution in [-0.2, 0) is 14.8 Å². The number of piperidine rings is 1. The fraction of sp³-hybridized carbons (Fsp3) is 0.435. The van der Waals surface area contributed by atoms with Gasteiger partial charge in [0.25, 0.3) is 0 Å². The standard InChI is InChI=1S/C23H27FN2O3S/c1-17-6-2-3-8-21(17)22-9-5-15-26(22)23(27)18-7-4-14-25(16-18)30(28,29)20-12-10-19(24)11-13-20/h2-3,6,8,10-13,18,22H,4-5,7,9,14-16H2,1H3. The fourth-order valence-electron chi connectivity index (χ4n) is 4.67. The van der Waals surface area contributed by atoms with Crippen LogP contribution in [-0.4, -0.2) is 43.2 Å². The van der Waals surface area contributed by atoms with Gasteiger partial charge in [-0.3, -0.25) is 4.79 Å². The quantitative estimate of drug-likeness (QED) is 0.739. The van der Waals surface area contributed by atoms with Crippen molar-refractivity contribution in [3.05, 3.63) is 65.5 Å². The zero-order valence-corrected chi connectivity index (χ0v) is 17.9. The Balaban J connectivity index is 1.52. The van der Waals surface area contributed by atoms with Gasteiger partial charge in [-0.15, -0.1) is 0 Å². The molecule has 7 heteroatoms. The maximum atomic E-state index is 13.4. The van der Waals surface area contributed by atoms with Gasteiger partial charge in [0.15, 0.2) is 0 Å². The number of hydrogen-bond donors (Lipinski definition) is 0. The summed E-state index contributed by atoms with van der Waals surface area (Å²) < 4.78 is 40.6. The average molecular weight is 431 g/mol. The summed E-state index contributed by atoms with van der Waals surface area (Å²) >= 11 is 0. The number of rotatable bonds is 4. The van der Waals surface area contributed by atoms with Gasteiger partial charge >= 0.3 is 0 Å². The molecule has 0 saturated carbocycles. The van der Waals surface area contributed by atoms with Gasteiger partial charge in [-0.05, 0) is 68.0 Å². The first-order chi connectivity index (χ1) is 14.4. The Morgan fingerprint density at radius 2 is 1.70 bits per heavy atom. The van der Waals surface area contributed by atoms with Crippen LogP contribution in [0.1, 0.15) is 42.9 Å². The summed E-state index contributed by atoms with van der Waals surface area (Å²) in [5, 5.41) is 0. The topological polar surface area (TPSA) is 57.7 Å². The van der Waals surface area contributed by atoms with Crippen molar-refractivity contribution in [2.24, 2.45) is 5.92 Å². The molecule has 2 aromatic carbocycles. The molecule has 2 saturated heterocycles. The maximum absolute atomic E-state index is 13.4. The van der Waals surface area contributed by atoms with Gasteiger partial charge in [-0.25, -0.2) is 12.8 Å². The van der Waals surface area contributed by atoms with Gasteiger partial charge in [0.2, 0.25) is 15.9 Å². The molecular weight excluding hydrogens is 403 g/mol. The van der Waals surface area contributed by atoms with E-state index in [9.17, 15) is 17.6 Å². The normalized spacial score (nSPS) is 22.9. The van der Waals surface area contributed by atoms with E-state index in [4.69, 9.17) is 0 Å². The molecule has 2 unspecified atom stereocenters. The first-order valence-corrected chi connectivity index (χ1v) is 11.9. The molecule has 2 heterocycles. The molecule has 2 aliphatic heterocycles. The minimum atomic E-state index is -3.75. The Morgan fingerprint density at radius 3 is 2.43 bits per heavy atom. The molecule has 2 aliphatic rings. The number of carbonyl (C=O) groups excluding carboxylic acids is 1. The molecule has 0 spiro atoms. The molecule has 2 atom stereocenters. The van der Waals surface area contributed by atoms with E-state index in [0.29, 0.717) is 25.9 Å². The van der Waals surface area contributed by atoms with Crippen molar-refractivity contribution in [2.75, 3.05) is 19.6 Å². The number of benzene rings is 2. The van der Waals surface area contributed by atoms with Gasteiger partial charge in [0.05, 0.1) is 16.9 Å². The largest absolute Gasteiger partial charge is 0.335 e.